The SMILES string of the molecule is CCOC(=O)C(=O)CC(=O)CC1CCCC1O. The molecule has 0 aliphatic heterocycles. The van der Waals surface area contributed by atoms with Gasteiger partial charge in [-0.3, -0.25) is 9.59 Å². The monoisotopic (exact) mass is 242 g/mol. The molecule has 1 fully saturated rings. The molecular formula is C12H18O5. The average Bonchev–Trinajstić information content (AvgIpc) is 2.64. The van der Waals surface area contributed by atoms with E-state index in [1.54, 1.807) is 6.92 Å². The van der Waals surface area contributed by atoms with E-state index in [2.05, 4.69) is 4.74 Å². The Morgan fingerprint density at radius 3 is 2.53 bits per heavy atom. The molecule has 1 N–H and O–H groups in total. The van der Waals surface area contributed by atoms with E-state index >= 15 is 0 Å². The Morgan fingerprint density at radius 1 is 1.29 bits per heavy atom. The van der Waals surface area contributed by atoms with Gasteiger partial charge in [-0.05, 0) is 25.7 Å². The highest BCUT2D eigenvalue weighted by atomic mass is 16.5. The van der Waals surface area contributed by atoms with Crippen LogP contribution in [0.1, 0.15) is 39.0 Å². The van der Waals surface area contributed by atoms with Crippen LogP contribution in [0.15, 0.2) is 0 Å². The summed E-state index contributed by atoms with van der Waals surface area (Å²) in [6.45, 7) is 1.72. The van der Waals surface area contributed by atoms with Gasteiger partial charge in [0, 0.05) is 6.42 Å². The van der Waals surface area contributed by atoms with Crippen LogP contribution in [-0.2, 0) is 19.1 Å². The third-order valence-electron chi connectivity index (χ3n) is 2.97. The van der Waals surface area contributed by atoms with Crippen molar-refractivity contribution >= 4 is 17.5 Å². The van der Waals surface area contributed by atoms with Gasteiger partial charge in [0.15, 0.2) is 0 Å². The molecule has 2 unspecified atom stereocenters. The lowest BCUT2D eigenvalue weighted by atomic mass is 9.97. The van der Waals surface area contributed by atoms with Crippen LogP contribution in [0.5, 0.6) is 0 Å². The summed E-state index contributed by atoms with van der Waals surface area (Å²) < 4.78 is 4.51. The van der Waals surface area contributed by atoms with Gasteiger partial charge in [-0.1, -0.05) is 6.42 Å². The fourth-order valence-corrected chi connectivity index (χ4v) is 2.08. The number of carbonyl (C=O) groups excluding carboxylic acids is 3. The molecule has 5 heteroatoms. The molecule has 0 saturated heterocycles. The van der Waals surface area contributed by atoms with Crippen molar-refractivity contribution in [3.05, 3.63) is 0 Å². The maximum absolute atomic E-state index is 11.5. The highest BCUT2D eigenvalue weighted by molar-refractivity contribution is 6.37. The van der Waals surface area contributed by atoms with Crippen LogP contribution < -0.4 is 0 Å². The second kappa shape index (κ2) is 6.49. The molecule has 0 radical (unpaired) electrons. The Hall–Kier alpha value is -1.23. The maximum Gasteiger partial charge on any atom is 0.375 e. The van der Waals surface area contributed by atoms with Gasteiger partial charge in [0.25, 0.3) is 0 Å². The van der Waals surface area contributed by atoms with Crippen molar-refractivity contribution in [1.82, 2.24) is 0 Å². The van der Waals surface area contributed by atoms with Gasteiger partial charge in [-0.25, -0.2) is 4.79 Å². The Morgan fingerprint density at radius 2 is 2.00 bits per heavy atom. The molecule has 0 bridgehead atoms. The van der Waals surface area contributed by atoms with Gasteiger partial charge in [0.2, 0.25) is 5.78 Å². The van der Waals surface area contributed by atoms with Crippen molar-refractivity contribution in [3.8, 4) is 0 Å². The second-order valence-electron chi connectivity index (χ2n) is 4.32. The fraction of sp³-hybridized carbons (Fsp3) is 0.750. The molecule has 1 aliphatic carbocycles. The zero-order valence-corrected chi connectivity index (χ0v) is 9.98. The van der Waals surface area contributed by atoms with Crippen molar-refractivity contribution in [2.75, 3.05) is 6.61 Å². The number of hydrogen-bond donors (Lipinski definition) is 1. The first-order valence-electron chi connectivity index (χ1n) is 5.94. The second-order valence-corrected chi connectivity index (χ2v) is 4.32. The molecule has 0 aromatic carbocycles. The molecule has 1 rings (SSSR count). The van der Waals surface area contributed by atoms with E-state index < -0.39 is 24.3 Å². The minimum absolute atomic E-state index is 0.0579. The van der Waals surface area contributed by atoms with Crippen molar-refractivity contribution in [2.24, 2.45) is 5.92 Å². The van der Waals surface area contributed by atoms with Gasteiger partial charge in [0.1, 0.15) is 5.78 Å². The summed E-state index contributed by atoms with van der Waals surface area (Å²) in [6, 6.07) is 0. The summed E-state index contributed by atoms with van der Waals surface area (Å²) in [5, 5.41) is 9.54. The minimum atomic E-state index is -0.951. The lowest BCUT2D eigenvalue weighted by Gasteiger charge is -2.12. The van der Waals surface area contributed by atoms with Crippen LogP contribution in [-0.4, -0.2) is 35.4 Å². The van der Waals surface area contributed by atoms with E-state index in [1.165, 1.54) is 0 Å². The van der Waals surface area contributed by atoms with Crippen LogP contribution in [0.2, 0.25) is 0 Å². The molecule has 0 heterocycles. The molecule has 1 aliphatic rings. The molecule has 0 aromatic heterocycles. The number of Topliss-reactive ketones (excluding diaryl/α,β-unsaturated/α-hetero) is 2. The Balaban J connectivity index is 2.34. The zero-order valence-electron chi connectivity index (χ0n) is 9.98. The number of ether oxygens (including phenoxy) is 1. The van der Waals surface area contributed by atoms with Crippen molar-refractivity contribution in [2.45, 2.75) is 45.1 Å². The van der Waals surface area contributed by atoms with Gasteiger partial charge in [0.05, 0.1) is 19.1 Å². The van der Waals surface area contributed by atoms with Crippen molar-refractivity contribution in [1.29, 1.82) is 0 Å². The largest absolute Gasteiger partial charge is 0.460 e. The molecule has 2 atom stereocenters. The average molecular weight is 242 g/mol. The van der Waals surface area contributed by atoms with Gasteiger partial charge in [-0.2, -0.15) is 0 Å². The third-order valence-corrected chi connectivity index (χ3v) is 2.97. The lowest BCUT2D eigenvalue weighted by Crippen LogP contribution is -2.23. The first-order valence-corrected chi connectivity index (χ1v) is 5.94. The van der Waals surface area contributed by atoms with Crippen LogP contribution in [0.25, 0.3) is 0 Å². The molecule has 17 heavy (non-hydrogen) atoms. The van der Waals surface area contributed by atoms with Gasteiger partial charge < -0.3 is 9.84 Å². The number of ketones is 2. The number of rotatable bonds is 6. The predicted octanol–water partition coefficient (Wildman–Crippen LogP) is 0.629. The quantitative estimate of drug-likeness (QED) is 0.420. The Bertz CT molecular complexity index is 310. The number of aliphatic hydroxyl groups is 1. The molecule has 0 aromatic rings. The number of esters is 1. The molecule has 1 saturated carbocycles. The van der Waals surface area contributed by atoms with Crippen LogP contribution in [0, 0.1) is 5.92 Å². The summed E-state index contributed by atoms with van der Waals surface area (Å²) in [5.41, 5.74) is 0. The van der Waals surface area contributed by atoms with E-state index in [1.807, 2.05) is 0 Å². The standard InChI is InChI=1S/C12H18O5/c1-2-17-12(16)11(15)7-9(13)6-8-4-3-5-10(8)14/h8,10,14H,2-7H2,1H3. The molecule has 0 spiro atoms. The summed E-state index contributed by atoms with van der Waals surface area (Å²) in [5.74, 6) is -2.11. The van der Waals surface area contributed by atoms with E-state index in [0.717, 1.165) is 12.8 Å². The van der Waals surface area contributed by atoms with Crippen molar-refractivity contribution in [3.63, 3.8) is 0 Å². The smallest absolute Gasteiger partial charge is 0.375 e. The van der Waals surface area contributed by atoms with E-state index in [-0.39, 0.29) is 24.7 Å². The molecule has 96 valence electrons. The summed E-state index contributed by atoms with van der Waals surface area (Å²) in [6.07, 6.45) is 1.74. The van der Waals surface area contributed by atoms with Gasteiger partial charge >= 0.3 is 5.97 Å². The molecule has 5 nitrogen and oxygen atoms in total. The number of aliphatic hydroxyl groups excluding tert-OH is 1. The van der Waals surface area contributed by atoms with Crippen LogP contribution in [0.3, 0.4) is 0 Å². The Labute approximate surface area is 100 Å². The first kappa shape index (κ1) is 13.8. The third kappa shape index (κ3) is 4.26. The van der Waals surface area contributed by atoms with E-state index in [4.69, 9.17) is 0 Å². The molecule has 0 amide bonds. The molecular weight excluding hydrogens is 224 g/mol. The Kier molecular flexibility index (Phi) is 5.28. The van der Waals surface area contributed by atoms with Crippen LogP contribution in [0.4, 0.5) is 0 Å². The van der Waals surface area contributed by atoms with Crippen LogP contribution >= 0.6 is 0 Å². The normalized spacial score (nSPS) is 23.4. The lowest BCUT2D eigenvalue weighted by molar-refractivity contribution is -0.154. The fourth-order valence-electron chi connectivity index (χ4n) is 2.08. The summed E-state index contributed by atoms with van der Waals surface area (Å²) >= 11 is 0. The highest BCUT2D eigenvalue weighted by Crippen LogP contribution is 2.28. The number of carbonyl (C=O) groups is 3. The predicted molar refractivity (Wildman–Crippen MR) is 59.2 cm³/mol. The summed E-state index contributed by atoms with van der Waals surface area (Å²) in [4.78, 5) is 33.8. The highest BCUT2D eigenvalue weighted by Gasteiger charge is 2.28. The van der Waals surface area contributed by atoms with E-state index in [0.29, 0.717) is 6.42 Å². The minimum Gasteiger partial charge on any atom is -0.460 e. The zero-order chi connectivity index (χ0) is 12.8. The van der Waals surface area contributed by atoms with E-state index in [9.17, 15) is 19.5 Å². The topological polar surface area (TPSA) is 80.7 Å². The first-order chi connectivity index (χ1) is 8.04. The maximum atomic E-state index is 11.5. The number of hydrogen-bond acceptors (Lipinski definition) is 5. The van der Waals surface area contributed by atoms with Gasteiger partial charge in [-0.15, -0.1) is 0 Å². The summed E-state index contributed by atoms with van der Waals surface area (Å²) in [7, 11) is 0. The van der Waals surface area contributed by atoms with Crippen molar-refractivity contribution < 1.29 is 24.2 Å².